The lowest BCUT2D eigenvalue weighted by atomic mass is 9.92. The van der Waals surface area contributed by atoms with Crippen LogP contribution >= 0.6 is 0 Å². The average Bonchev–Trinajstić information content (AvgIpc) is 3.12. The van der Waals surface area contributed by atoms with Gasteiger partial charge in [0.15, 0.2) is 0 Å². The molecule has 0 unspecified atom stereocenters. The lowest BCUT2D eigenvalue weighted by Crippen LogP contribution is -2.45. The Morgan fingerprint density at radius 2 is 2.18 bits per heavy atom. The van der Waals surface area contributed by atoms with E-state index in [1.54, 1.807) is 0 Å². The molecule has 4 rings (SSSR count). The van der Waals surface area contributed by atoms with Crippen LogP contribution in [0.25, 0.3) is 0 Å². The van der Waals surface area contributed by atoms with Crippen molar-refractivity contribution >= 4 is 6.03 Å². The third kappa shape index (κ3) is 2.50. The molecule has 4 heteroatoms. The topological polar surface area (TPSA) is 50.4 Å². The van der Waals surface area contributed by atoms with Crippen LogP contribution in [0.5, 0.6) is 0 Å². The number of benzene rings is 1. The molecule has 1 heterocycles. The molecule has 22 heavy (non-hydrogen) atoms. The fourth-order valence-corrected chi connectivity index (χ4v) is 4.34. The fraction of sp³-hybridized carbons (Fsp3) is 0.611. The molecule has 2 N–H and O–H groups in total. The van der Waals surface area contributed by atoms with Gasteiger partial charge in [-0.25, -0.2) is 4.79 Å². The van der Waals surface area contributed by atoms with Crippen LogP contribution in [0.1, 0.15) is 36.8 Å². The van der Waals surface area contributed by atoms with Crippen LogP contribution in [-0.2, 0) is 11.2 Å². The van der Waals surface area contributed by atoms with Gasteiger partial charge in [0, 0.05) is 13.2 Å². The number of rotatable bonds is 3. The first-order chi connectivity index (χ1) is 10.7. The number of hydrogen-bond donors (Lipinski definition) is 2. The SMILES string of the molecule is C[C@@H]1OCC[C@@H]1NC(=O)NC[C@@H]1[C@H]2CCc3ccccc3[C@@H]21. The molecule has 0 bridgehead atoms. The Kier molecular flexibility index (Phi) is 3.57. The summed E-state index contributed by atoms with van der Waals surface area (Å²) in [6.07, 6.45) is 3.50. The number of ether oxygens (including phenoxy) is 1. The summed E-state index contributed by atoms with van der Waals surface area (Å²) in [7, 11) is 0. The minimum atomic E-state index is -0.0423. The number of nitrogens with one attached hydrogen (secondary N) is 2. The maximum atomic E-state index is 12.1. The number of hydrogen-bond acceptors (Lipinski definition) is 2. The molecule has 4 nitrogen and oxygen atoms in total. The Morgan fingerprint density at radius 1 is 1.32 bits per heavy atom. The van der Waals surface area contributed by atoms with Crippen LogP contribution < -0.4 is 10.6 Å². The summed E-state index contributed by atoms with van der Waals surface area (Å²) in [5, 5.41) is 6.11. The molecule has 0 aromatic heterocycles. The largest absolute Gasteiger partial charge is 0.376 e. The molecule has 1 aromatic rings. The van der Waals surface area contributed by atoms with Gasteiger partial charge in [0.1, 0.15) is 0 Å². The van der Waals surface area contributed by atoms with Crippen LogP contribution in [0.2, 0.25) is 0 Å². The van der Waals surface area contributed by atoms with Crippen molar-refractivity contribution in [2.75, 3.05) is 13.2 Å². The van der Waals surface area contributed by atoms with Crippen LogP contribution in [0.3, 0.4) is 0 Å². The Labute approximate surface area is 131 Å². The van der Waals surface area contributed by atoms with E-state index in [2.05, 4.69) is 34.9 Å². The summed E-state index contributed by atoms with van der Waals surface area (Å²) in [6, 6.07) is 8.90. The quantitative estimate of drug-likeness (QED) is 0.901. The van der Waals surface area contributed by atoms with E-state index in [9.17, 15) is 4.79 Å². The second kappa shape index (κ2) is 5.58. The van der Waals surface area contributed by atoms with Gasteiger partial charge >= 0.3 is 6.03 Å². The molecule has 2 aliphatic carbocycles. The first-order valence-corrected chi connectivity index (χ1v) is 8.48. The van der Waals surface area contributed by atoms with Gasteiger partial charge in [0.2, 0.25) is 0 Å². The van der Waals surface area contributed by atoms with Gasteiger partial charge in [0.25, 0.3) is 0 Å². The van der Waals surface area contributed by atoms with Gasteiger partial charge in [-0.2, -0.15) is 0 Å². The standard InChI is InChI=1S/C18H24N2O2/c1-11-16(8-9-22-11)20-18(21)19-10-15-14-7-6-12-4-2-3-5-13(12)17(14)15/h2-5,11,14-17H,6-10H2,1H3,(H2,19,20,21)/t11-,14+,15+,16-,17-/m0/s1. The Balaban J connectivity index is 1.30. The fourth-order valence-electron chi connectivity index (χ4n) is 4.34. The van der Waals surface area contributed by atoms with Crippen molar-refractivity contribution in [1.82, 2.24) is 10.6 Å². The molecular formula is C18H24N2O2. The number of urea groups is 1. The van der Waals surface area contributed by atoms with Gasteiger partial charge in [-0.1, -0.05) is 24.3 Å². The highest BCUT2D eigenvalue weighted by Gasteiger charge is 2.52. The van der Waals surface area contributed by atoms with Crippen molar-refractivity contribution in [1.29, 1.82) is 0 Å². The molecule has 0 spiro atoms. The second-order valence-corrected chi connectivity index (χ2v) is 6.92. The van der Waals surface area contributed by atoms with Gasteiger partial charge in [-0.15, -0.1) is 0 Å². The monoisotopic (exact) mass is 300 g/mol. The summed E-state index contributed by atoms with van der Waals surface area (Å²) in [4.78, 5) is 12.1. The van der Waals surface area contributed by atoms with E-state index in [1.165, 1.54) is 24.0 Å². The minimum Gasteiger partial charge on any atom is -0.376 e. The van der Waals surface area contributed by atoms with E-state index in [-0.39, 0.29) is 18.2 Å². The normalized spacial score (nSPS) is 35.4. The van der Waals surface area contributed by atoms with Crippen LogP contribution in [0.4, 0.5) is 4.79 Å². The molecule has 1 aliphatic heterocycles. The Morgan fingerprint density at radius 3 is 3.00 bits per heavy atom. The molecular weight excluding hydrogens is 276 g/mol. The Hall–Kier alpha value is -1.55. The van der Waals surface area contributed by atoms with E-state index in [0.29, 0.717) is 11.8 Å². The van der Waals surface area contributed by atoms with E-state index in [1.807, 2.05) is 6.92 Å². The molecule has 118 valence electrons. The highest BCUT2D eigenvalue weighted by atomic mass is 16.5. The van der Waals surface area contributed by atoms with Crippen LogP contribution in [0.15, 0.2) is 24.3 Å². The van der Waals surface area contributed by atoms with Crippen molar-refractivity contribution in [3.05, 3.63) is 35.4 Å². The maximum Gasteiger partial charge on any atom is 0.315 e. The lowest BCUT2D eigenvalue weighted by molar-refractivity contribution is 0.114. The summed E-state index contributed by atoms with van der Waals surface area (Å²) in [6.45, 7) is 3.55. The molecule has 3 aliphatic rings. The summed E-state index contributed by atoms with van der Waals surface area (Å²) >= 11 is 0. The molecule has 1 saturated heterocycles. The first-order valence-electron chi connectivity index (χ1n) is 8.48. The lowest BCUT2D eigenvalue weighted by Gasteiger charge is -2.16. The smallest absolute Gasteiger partial charge is 0.315 e. The van der Waals surface area contributed by atoms with Crippen molar-refractivity contribution in [3.8, 4) is 0 Å². The molecule has 0 radical (unpaired) electrons. The minimum absolute atomic E-state index is 0.0423. The molecule has 2 amide bonds. The van der Waals surface area contributed by atoms with Crippen molar-refractivity contribution < 1.29 is 9.53 Å². The third-order valence-corrected chi connectivity index (χ3v) is 5.68. The number of amides is 2. The number of carbonyl (C=O) groups excluding carboxylic acids is 1. The molecule has 1 aromatic carbocycles. The number of fused-ring (bicyclic) bond motifs is 3. The zero-order chi connectivity index (χ0) is 15.1. The maximum absolute atomic E-state index is 12.1. The third-order valence-electron chi connectivity index (χ3n) is 5.68. The number of carbonyl (C=O) groups is 1. The van der Waals surface area contributed by atoms with E-state index in [4.69, 9.17) is 4.74 Å². The predicted octanol–water partition coefficient (Wildman–Crippen LogP) is 2.44. The predicted molar refractivity (Wildman–Crippen MR) is 84.8 cm³/mol. The van der Waals surface area contributed by atoms with Gasteiger partial charge in [-0.05, 0) is 55.1 Å². The van der Waals surface area contributed by atoms with Crippen molar-refractivity contribution in [2.24, 2.45) is 11.8 Å². The van der Waals surface area contributed by atoms with Gasteiger partial charge in [-0.3, -0.25) is 0 Å². The molecule has 5 atom stereocenters. The summed E-state index contributed by atoms with van der Waals surface area (Å²) < 4.78 is 5.48. The van der Waals surface area contributed by atoms with E-state index < -0.39 is 0 Å². The molecule has 1 saturated carbocycles. The highest BCUT2D eigenvalue weighted by Crippen LogP contribution is 2.59. The summed E-state index contributed by atoms with van der Waals surface area (Å²) in [5.41, 5.74) is 3.02. The summed E-state index contributed by atoms with van der Waals surface area (Å²) in [5.74, 6) is 2.05. The van der Waals surface area contributed by atoms with E-state index in [0.717, 1.165) is 25.5 Å². The Bertz CT molecular complexity index is 574. The van der Waals surface area contributed by atoms with Gasteiger partial charge in [0.05, 0.1) is 12.1 Å². The highest BCUT2D eigenvalue weighted by molar-refractivity contribution is 5.74. The average molecular weight is 300 g/mol. The zero-order valence-corrected chi connectivity index (χ0v) is 13.0. The van der Waals surface area contributed by atoms with Gasteiger partial charge < -0.3 is 15.4 Å². The second-order valence-electron chi connectivity index (χ2n) is 6.92. The van der Waals surface area contributed by atoms with E-state index >= 15 is 0 Å². The zero-order valence-electron chi connectivity index (χ0n) is 13.0. The first kappa shape index (κ1) is 14.1. The van der Waals surface area contributed by atoms with Crippen LogP contribution in [0, 0.1) is 11.8 Å². The number of aryl methyl sites for hydroxylation is 1. The van der Waals surface area contributed by atoms with Crippen LogP contribution in [-0.4, -0.2) is 31.3 Å². The van der Waals surface area contributed by atoms with Crippen molar-refractivity contribution in [2.45, 2.75) is 44.2 Å². The molecule has 2 fully saturated rings. The van der Waals surface area contributed by atoms with Crippen molar-refractivity contribution in [3.63, 3.8) is 0 Å².